The van der Waals surface area contributed by atoms with E-state index in [9.17, 15) is 14.4 Å². The topological polar surface area (TPSA) is 110 Å². The minimum atomic E-state index is -0.387. The molecule has 1 atom stereocenters. The van der Waals surface area contributed by atoms with Gasteiger partial charge in [-0.05, 0) is 44.0 Å². The number of carbonyl (C=O) groups excluding carboxylic acids is 3. The third-order valence-corrected chi connectivity index (χ3v) is 6.31. The number of esters is 1. The molecule has 1 fully saturated rings. The lowest BCUT2D eigenvalue weighted by atomic mass is 10.2. The molecule has 2 amide bonds. The molecule has 32 heavy (non-hydrogen) atoms. The number of rotatable bonds is 7. The highest BCUT2D eigenvalue weighted by atomic mass is 32.1. The molecule has 0 bridgehead atoms. The van der Waals surface area contributed by atoms with Gasteiger partial charge in [-0.2, -0.15) is 0 Å². The Morgan fingerprint density at radius 1 is 1.25 bits per heavy atom. The number of benzene rings is 1. The second-order valence-corrected chi connectivity index (χ2v) is 8.77. The maximum atomic E-state index is 12.5. The Bertz CT molecular complexity index is 985. The molecule has 0 radical (unpaired) electrons. The minimum absolute atomic E-state index is 0.131. The van der Waals surface area contributed by atoms with Crippen LogP contribution >= 0.6 is 11.3 Å². The fourth-order valence-corrected chi connectivity index (χ4v) is 4.77. The number of aromatic nitrogens is 1. The van der Waals surface area contributed by atoms with Gasteiger partial charge in [0.05, 0.1) is 24.4 Å². The Balaban J connectivity index is 1.28. The van der Waals surface area contributed by atoms with Crippen molar-refractivity contribution in [2.24, 2.45) is 0 Å². The summed E-state index contributed by atoms with van der Waals surface area (Å²) >= 11 is 1.45. The zero-order chi connectivity index (χ0) is 22.5. The fourth-order valence-electron chi connectivity index (χ4n) is 3.71. The molecule has 1 unspecified atom stereocenters. The number of hydrogen-bond acceptors (Lipinski definition) is 8. The molecule has 2 aromatic rings. The molecule has 170 valence electrons. The van der Waals surface area contributed by atoms with Crippen molar-refractivity contribution in [2.45, 2.75) is 38.8 Å². The van der Waals surface area contributed by atoms with Gasteiger partial charge in [0.25, 0.3) is 5.91 Å². The van der Waals surface area contributed by atoms with Crippen molar-refractivity contribution < 1.29 is 23.9 Å². The quantitative estimate of drug-likeness (QED) is 0.613. The molecule has 10 heteroatoms. The first kappa shape index (κ1) is 22.4. The van der Waals surface area contributed by atoms with Crippen LogP contribution < -0.4 is 10.6 Å². The number of nitrogens with zero attached hydrogens (tertiary/aromatic N) is 2. The van der Waals surface area contributed by atoms with Gasteiger partial charge in [-0.3, -0.25) is 19.8 Å². The third-order valence-electron chi connectivity index (χ3n) is 5.31. The normalized spacial score (nSPS) is 18.1. The Labute approximate surface area is 190 Å². The first-order chi connectivity index (χ1) is 15.5. The molecule has 2 aliphatic rings. The maximum absolute atomic E-state index is 12.5. The van der Waals surface area contributed by atoms with Gasteiger partial charge in [-0.15, -0.1) is 11.3 Å². The Hall–Kier alpha value is -2.82. The van der Waals surface area contributed by atoms with Gasteiger partial charge in [0.15, 0.2) is 5.13 Å². The summed E-state index contributed by atoms with van der Waals surface area (Å²) in [4.78, 5) is 44.1. The number of fused-ring (bicyclic) bond motifs is 1. The van der Waals surface area contributed by atoms with Crippen molar-refractivity contribution in [2.75, 3.05) is 36.9 Å². The maximum Gasteiger partial charge on any atom is 0.338 e. The largest absolute Gasteiger partial charge is 0.462 e. The van der Waals surface area contributed by atoms with E-state index in [1.807, 2.05) is 0 Å². The molecule has 1 aromatic heterocycles. The summed E-state index contributed by atoms with van der Waals surface area (Å²) in [5.74, 6) is -0.655. The molecule has 1 saturated heterocycles. The summed E-state index contributed by atoms with van der Waals surface area (Å²) in [5, 5.41) is 6.31. The Morgan fingerprint density at radius 2 is 2.06 bits per heavy atom. The summed E-state index contributed by atoms with van der Waals surface area (Å²) in [7, 11) is 0. The van der Waals surface area contributed by atoms with Gasteiger partial charge in [0.2, 0.25) is 5.91 Å². The standard InChI is InChI=1S/C22H26N4O5S/c1-2-30-21(29)14-5-7-15(8-6-14)23-19(27)13-26-10-9-16-18(12-26)32-22(24-16)25-20(28)17-4-3-11-31-17/h5-8,17H,2-4,9-13H2,1H3,(H,23,27)(H,24,25,28). The van der Waals surface area contributed by atoms with Crippen molar-refractivity contribution in [3.63, 3.8) is 0 Å². The lowest BCUT2D eigenvalue weighted by molar-refractivity contribution is -0.124. The van der Waals surface area contributed by atoms with Crippen LogP contribution in [0.3, 0.4) is 0 Å². The van der Waals surface area contributed by atoms with E-state index in [0.717, 1.165) is 29.8 Å². The number of thiazole rings is 1. The number of carbonyl (C=O) groups is 3. The van der Waals surface area contributed by atoms with E-state index < -0.39 is 0 Å². The average Bonchev–Trinajstić information content (AvgIpc) is 3.44. The summed E-state index contributed by atoms with van der Waals surface area (Å²) in [6.07, 6.45) is 1.98. The van der Waals surface area contributed by atoms with E-state index in [1.165, 1.54) is 11.3 Å². The van der Waals surface area contributed by atoms with E-state index in [2.05, 4.69) is 20.5 Å². The highest BCUT2D eigenvalue weighted by Gasteiger charge is 2.26. The second-order valence-electron chi connectivity index (χ2n) is 7.69. The smallest absolute Gasteiger partial charge is 0.338 e. The van der Waals surface area contributed by atoms with Crippen LogP contribution in [0.25, 0.3) is 0 Å². The number of amides is 2. The summed E-state index contributed by atoms with van der Waals surface area (Å²) < 4.78 is 10.4. The van der Waals surface area contributed by atoms with Gasteiger partial charge in [-0.1, -0.05) is 0 Å². The lowest BCUT2D eigenvalue weighted by Crippen LogP contribution is -2.36. The van der Waals surface area contributed by atoms with Crippen LogP contribution in [0.4, 0.5) is 10.8 Å². The SMILES string of the molecule is CCOC(=O)c1ccc(NC(=O)CN2CCc3nc(NC(=O)C4CCCO4)sc3C2)cc1. The van der Waals surface area contributed by atoms with E-state index in [0.29, 0.717) is 42.7 Å². The van der Waals surface area contributed by atoms with Crippen LogP contribution in [0.15, 0.2) is 24.3 Å². The van der Waals surface area contributed by atoms with Crippen LogP contribution in [0, 0.1) is 0 Å². The Morgan fingerprint density at radius 3 is 2.78 bits per heavy atom. The second kappa shape index (κ2) is 10.2. The Kier molecular flexibility index (Phi) is 7.13. The lowest BCUT2D eigenvalue weighted by Gasteiger charge is -2.25. The zero-order valence-corrected chi connectivity index (χ0v) is 18.7. The molecule has 9 nitrogen and oxygen atoms in total. The van der Waals surface area contributed by atoms with Crippen molar-refractivity contribution >= 4 is 39.9 Å². The molecule has 1 aromatic carbocycles. The summed E-state index contributed by atoms with van der Waals surface area (Å²) in [6.45, 7) is 4.26. The summed E-state index contributed by atoms with van der Waals surface area (Å²) in [5.41, 5.74) is 2.04. The highest BCUT2D eigenvalue weighted by Crippen LogP contribution is 2.29. The first-order valence-electron chi connectivity index (χ1n) is 10.7. The van der Waals surface area contributed by atoms with E-state index in [-0.39, 0.29) is 30.4 Å². The number of anilines is 2. The van der Waals surface area contributed by atoms with Crippen LogP contribution in [0.1, 0.15) is 40.7 Å². The fraction of sp³-hybridized carbons (Fsp3) is 0.455. The molecule has 0 aliphatic carbocycles. The third kappa shape index (κ3) is 5.50. The van der Waals surface area contributed by atoms with Crippen molar-refractivity contribution in [1.29, 1.82) is 0 Å². The first-order valence-corrected chi connectivity index (χ1v) is 11.5. The van der Waals surface area contributed by atoms with Gasteiger partial charge in [0.1, 0.15) is 6.10 Å². The highest BCUT2D eigenvalue weighted by molar-refractivity contribution is 7.15. The number of ether oxygens (including phenoxy) is 2. The van der Waals surface area contributed by atoms with Crippen LogP contribution in [-0.4, -0.2) is 60.1 Å². The van der Waals surface area contributed by atoms with Gasteiger partial charge in [-0.25, -0.2) is 9.78 Å². The molecule has 0 saturated carbocycles. The van der Waals surface area contributed by atoms with E-state index in [4.69, 9.17) is 9.47 Å². The monoisotopic (exact) mass is 458 g/mol. The predicted molar refractivity (Wildman–Crippen MR) is 120 cm³/mol. The average molecular weight is 459 g/mol. The summed E-state index contributed by atoms with van der Waals surface area (Å²) in [6, 6.07) is 6.63. The van der Waals surface area contributed by atoms with E-state index >= 15 is 0 Å². The van der Waals surface area contributed by atoms with E-state index in [1.54, 1.807) is 31.2 Å². The number of hydrogen-bond donors (Lipinski definition) is 2. The van der Waals surface area contributed by atoms with Gasteiger partial charge in [0, 0.05) is 36.7 Å². The minimum Gasteiger partial charge on any atom is -0.462 e. The molecule has 3 heterocycles. The molecular formula is C22H26N4O5S. The molecule has 2 N–H and O–H groups in total. The van der Waals surface area contributed by atoms with Gasteiger partial charge >= 0.3 is 5.97 Å². The van der Waals surface area contributed by atoms with Gasteiger partial charge < -0.3 is 14.8 Å². The van der Waals surface area contributed by atoms with Crippen molar-refractivity contribution in [3.05, 3.63) is 40.4 Å². The molecule has 2 aliphatic heterocycles. The zero-order valence-electron chi connectivity index (χ0n) is 17.9. The van der Waals surface area contributed by atoms with Crippen LogP contribution in [-0.2, 0) is 32.0 Å². The molecular weight excluding hydrogens is 432 g/mol. The predicted octanol–water partition coefficient (Wildman–Crippen LogP) is 2.43. The van der Waals surface area contributed by atoms with Crippen molar-refractivity contribution in [3.8, 4) is 0 Å². The molecule has 0 spiro atoms. The van der Waals surface area contributed by atoms with Crippen molar-refractivity contribution in [1.82, 2.24) is 9.88 Å². The van der Waals surface area contributed by atoms with Crippen LogP contribution in [0.2, 0.25) is 0 Å². The van der Waals surface area contributed by atoms with Crippen LogP contribution in [0.5, 0.6) is 0 Å². The number of nitrogens with one attached hydrogen (secondary N) is 2. The molecule has 4 rings (SSSR count).